The molecular weight excluding hydrogens is 415 g/mol. The molecule has 0 aliphatic carbocycles. The van der Waals surface area contributed by atoms with Crippen molar-refractivity contribution in [2.75, 3.05) is 5.75 Å². The first-order chi connectivity index (χ1) is 13.7. The van der Waals surface area contributed by atoms with Crippen LogP contribution in [-0.4, -0.2) is 27.0 Å². The van der Waals surface area contributed by atoms with Crippen LogP contribution >= 0.6 is 23.1 Å². The van der Waals surface area contributed by atoms with E-state index in [2.05, 4.69) is 29.9 Å². The number of nitrogens with zero attached hydrogens (tertiary/aromatic N) is 3. The molecule has 8 heteroatoms. The summed E-state index contributed by atoms with van der Waals surface area (Å²) in [5.41, 5.74) is 2.22. The van der Waals surface area contributed by atoms with Gasteiger partial charge in [-0.3, -0.25) is 4.99 Å². The predicted octanol–water partition coefficient (Wildman–Crippen LogP) is 6.14. The van der Waals surface area contributed by atoms with Crippen LogP contribution in [0.2, 0.25) is 0 Å². The summed E-state index contributed by atoms with van der Waals surface area (Å²) in [5.74, 6) is 0.408. The summed E-state index contributed by atoms with van der Waals surface area (Å²) in [6, 6.07) is 12.6. The second-order valence-corrected chi connectivity index (χ2v) is 9.28. The van der Waals surface area contributed by atoms with Crippen LogP contribution in [0.4, 0.5) is 13.2 Å². The Labute approximate surface area is 175 Å². The highest BCUT2D eigenvalue weighted by Crippen LogP contribution is 2.34. The first-order valence-electron chi connectivity index (χ1n) is 9.01. The van der Waals surface area contributed by atoms with E-state index < -0.39 is 11.9 Å². The van der Waals surface area contributed by atoms with Crippen LogP contribution in [0.1, 0.15) is 30.7 Å². The first-order valence-corrected chi connectivity index (χ1v) is 10.9. The number of halogens is 3. The van der Waals surface area contributed by atoms with E-state index in [1.165, 1.54) is 28.7 Å². The molecule has 150 valence electrons. The molecule has 2 aromatic heterocycles. The van der Waals surface area contributed by atoms with E-state index in [1.54, 1.807) is 12.1 Å². The zero-order chi connectivity index (χ0) is 20.6. The SMILES string of the molecule is CC1(C)Cc2ccccc2C(CSc2nc(-c3cccs3)cc(C(F)(F)F)n2)=N1. The molecule has 3 nitrogen and oxygen atoms in total. The monoisotopic (exact) mass is 433 g/mol. The molecule has 0 unspecified atom stereocenters. The summed E-state index contributed by atoms with van der Waals surface area (Å²) >= 11 is 2.53. The fourth-order valence-electron chi connectivity index (χ4n) is 3.32. The Morgan fingerprint density at radius 1 is 1.10 bits per heavy atom. The molecule has 0 fully saturated rings. The van der Waals surface area contributed by atoms with Crippen molar-refractivity contribution in [2.45, 2.75) is 37.1 Å². The highest BCUT2D eigenvalue weighted by molar-refractivity contribution is 7.99. The van der Waals surface area contributed by atoms with Crippen LogP contribution in [0.25, 0.3) is 10.6 Å². The van der Waals surface area contributed by atoms with Crippen LogP contribution in [0, 0.1) is 0 Å². The minimum absolute atomic E-state index is 0.104. The van der Waals surface area contributed by atoms with Gasteiger partial charge in [0, 0.05) is 5.75 Å². The van der Waals surface area contributed by atoms with Gasteiger partial charge in [-0.25, -0.2) is 9.97 Å². The van der Waals surface area contributed by atoms with E-state index in [1.807, 2.05) is 23.6 Å². The van der Waals surface area contributed by atoms with Gasteiger partial charge in [-0.2, -0.15) is 13.2 Å². The van der Waals surface area contributed by atoms with Crippen LogP contribution in [-0.2, 0) is 12.6 Å². The average molecular weight is 434 g/mol. The minimum atomic E-state index is -4.53. The van der Waals surface area contributed by atoms with Crippen molar-refractivity contribution in [1.82, 2.24) is 9.97 Å². The van der Waals surface area contributed by atoms with Crippen molar-refractivity contribution >= 4 is 28.8 Å². The largest absolute Gasteiger partial charge is 0.433 e. The van der Waals surface area contributed by atoms with Crippen LogP contribution < -0.4 is 0 Å². The molecule has 1 aliphatic rings. The third-order valence-electron chi connectivity index (χ3n) is 4.50. The van der Waals surface area contributed by atoms with E-state index in [-0.39, 0.29) is 16.4 Å². The Bertz CT molecular complexity index is 1060. The number of hydrogen-bond donors (Lipinski definition) is 0. The third kappa shape index (κ3) is 4.53. The second kappa shape index (κ2) is 7.57. The second-order valence-electron chi connectivity index (χ2n) is 7.39. The topological polar surface area (TPSA) is 38.1 Å². The van der Waals surface area contributed by atoms with Gasteiger partial charge in [0.1, 0.15) is 5.69 Å². The average Bonchev–Trinajstić information content (AvgIpc) is 3.19. The molecule has 0 amide bonds. The molecule has 1 aliphatic heterocycles. The number of fused-ring (bicyclic) bond motifs is 1. The van der Waals surface area contributed by atoms with Gasteiger partial charge in [0.2, 0.25) is 0 Å². The number of benzene rings is 1. The summed E-state index contributed by atoms with van der Waals surface area (Å²) in [7, 11) is 0. The molecule has 3 aromatic rings. The predicted molar refractivity (Wildman–Crippen MR) is 112 cm³/mol. The van der Waals surface area contributed by atoms with Gasteiger partial charge in [0.15, 0.2) is 5.16 Å². The molecule has 1 aromatic carbocycles. The fourth-order valence-corrected chi connectivity index (χ4v) is 4.81. The Hall–Kier alpha value is -2.19. The van der Waals surface area contributed by atoms with Gasteiger partial charge in [0.25, 0.3) is 0 Å². The summed E-state index contributed by atoms with van der Waals surface area (Å²) in [6.07, 6.45) is -3.69. The van der Waals surface area contributed by atoms with Gasteiger partial charge < -0.3 is 0 Å². The lowest BCUT2D eigenvalue weighted by atomic mass is 9.87. The van der Waals surface area contributed by atoms with Crippen molar-refractivity contribution in [3.63, 3.8) is 0 Å². The summed E-state index contributed by atoms with van der Waals surface area (Å²) in [5, 5.41) is 1.92. The molecule has 3 heterocycles. The lowest BCUT2D eigenvalue weighted by Crippen LogP contribution is -2.29. The fraction of sp³-hybridized carbons (Fsp3) is 0.286. The molecule has 0 atom stereocenters. The first kappa shape index (κ1) is 20.1. The third-order valence-corrected chi connectivity index (χ3v) is 6.25. The van der Waals surface area contributed by atoms with E-state index >= 15 is 0 Å². The lowest BCUT2D eigenvalue weighted by molar-refractivity contribution is -0.141. The number of thiophene rings is 1. The number of hydrogen-bond acceptors (Lipinski definition) is 5. The van der Waals surface area contributed by atoms with Crippen LogP contribution in [0.3, 0.4) is 0 Å². The van der Waals surface area contributed by atoms with E-state index in [9.17, 15) is 13.2 Å². The molecule has 0 N–H and O–H groups in total. The zero-order valence-electron chi connectivity index (χ0n) is 15.8. The number of thioether (sulfide) groups is 1. The minimum Gasteiger partial charge on any atom is -0.282 e. The Morgan fingerprint density at radius 2 is 1.90 bits per heavy atom. The summed E-state index contributed by atoms with van der Waals surface area (Å²) in [6.45, 7) is 4.12. The molecular formula is C21H18F3N3S2. The van der Waals surface area contributed by atoms with Crippen molar-refractivity contribution in [1.29, 1.82) is 0 Å². The zero-order valence-corrected chi connectivity index (χ0v) is 17.5. The molecule has 4 rings (SSSR count). The van der Waals surface area contributed by atoms with E-state index in [4.69, 9.17) is 4.99 Å². The highest BCUT2D eigenvalue weighted by atomic mass is 32.2. The molecule has 0 bridgehead atoms. The maximum Gasteiger partial charge on any atom is 0.433 e. The normalized spacial score (nSPS) is 15.7. The molecule has 0 spiro atoms. The van der Waals surface area contributed by atoms with Gasteiger partial charge in [0.05, 0.1) is 21.8 Å². The van der Waals surface area contributed by atoms with Crippen molar-refractivity contribution in [3.8, 4) is 10.6 Å². The molecule has 0 saturated heterocycles. The van der Waals surface area contributed by atoms with E-state index in [0.717, 1.165) is 23.8 Å². The number of aliphatic imine (C=N–C) groups is 1. The van der Waals surface area contributed by atoms with Gasteiger partial charge >= 0.3 is 6.18 Å². The standard InChI is InChI=1S/C21H18F3N3S2/c1-20(2)11-13-6-3-4-7-14(13)16(27-20)12-29-19-25-15(17-8-5-9-28-17)10-18(26-19)21(22,23)24/h3-10H,11-12H2,1-2H3. The maximum absolute atomic E-state index is 13.4. The number of alkyl halides is 3. The molecule has 0 saturated carbocycles. The van der Waals surface area contributed by atoms with Gasteiger partial charge in [-0.05, 0) is 48.9 Å². The van der Waals surface area contributed by atoms with Gasteiger partial charge in [-0.15, -0.1) is 11.3 Å². The van der Waals surface area contributed by atoms with Crippen molar-refractivity contribution < 1.29 is 13.2 Å². The van der Waals surface area contributed by atoms with E-state index in [0.29, 0.717) is 10.6 Å². The molecule has 29 heavy (non-hydrogen) atoms. The van der Waals surface area contributed by atoms with Crippen LogP contribution in [0.5, 0.6) is 0 Å². The Kier molecular flexibility index (Phi) is 5.25. The number of aromatic nitrogens is 2. The van der Waals surface area contributed by atoms with Crippen LogP contribution in [0.15, 0.2) is 58.0 Å². The van der Waals surface area contributed by atoms with Crippen molar-refractivity contribution in [2.24, 2.45) is 4.99 Å². The number of rotatable bonds is 4. The summed E-state index contributed by atoms with van der Waals surface area (Å²) < 4.78 is 40.1. The maximum atomic E-state index is 13.4. The quantitative estimate of drug-likeness (QED) is 0.366. The Morgan fingerprint density at radius 3 is 2.62 bits per heavy atom. The van der Waals surface area contributed by atoms with Gasteiger partial charge in [-0.1, -0.05) is 42.1 Å². The van der Waals surface area contributed by atoms with Crippen molar-refractivity contribution in [3.05, 3.63) is 64.7 Å². The Balaban J connectivity index is 1.66. The molecule has 0 radical (unpaired) electrons. The lowest BCUT2D eigenvalue weighted by Gasteiger charge is -2.29. The smallest absolute Gasteiger partial charge is 0.282 e. The summed E-state index contributed by atoms with van der Waals surface area (Å²) in [4.78, 5) is 13.7. The highest BCUT2D eigenvalue weighted by Gasteiger charge is 2.34.